The number of carbonyl (C=O) groups excluding carboxylic acids is 4. The lowest BCUT2D eigenvalue weighted by Crippen LogP contribution is -2.63. The van der Waals surface area contributed by atoms with Crippen LogP contribution in [0.5, 0.6) is 0 Å². The minimum absolute atomic E-state index is 0.236. The first-order chi connectivity index (χ1) is 20.6. The second-order valence-electron chi connectivity index (χ2n) is 10.7. The smallest absolute Gasteiger partial charge is 0.303 e. The van der Waals surface area contributed by atoms with Crippen molar-refractivity contribution in [1.29, 1.82) is 0 Å². The van der Waals surface area contributed by atoms with Crippen molar-refractivity contribution in [3.05, 3.63) is 60.7 Å². The summed E-state index contributed by atoms with van der Waals surface area (Å²) in [6.07, 6.45) is -2.82. The molecule has 0 bridgehead atoms. The predicted molar refractivity (Wildman–Crippen MR) is 158 cm³/mol. The highest BCUT2D eigenvalue weighted by Gasteiger charge is 2.53. The maximum absolute atomic E-state index is 12.1. The molecular weight excluding hydrogens is 575 g/mol. The maximum Gasteiger partial charge on any atom is 0.303 e. The van der Waals surface area contributed by atoms with Crippen molar-refractivity contribution in [3.8, 4) is 0 Å². The number of rotatable bonds is 10. The molecule has 43 heavy (non-hydrogen) atoms. The molecule has 1 heterocycles. The van der Waals surface area contributed by atoms with Crippen molar-refractivity contribution < 1.29 is 47.6 Å². The van der Waals surface area contributed by atoms with Gasteiger partial charge in [0.2, 0.25) is 0 Å². The number of ether oxygens (including phenoxy) is 6. The summed E-state index contributed by atoms with van der Waals surface area (Å²) in [7, 11) is -0.589. The Morgan fingerprint density at radius 2 is 1.16 bits per heavy atom. The van der Waals surface area contributed by atoms with Crippen molar-refractivity contribution in [2.24, 2.45) is 0 Å². The number of esters is 4. The Kier molecular flexibility index (Phi) is 11.7. The average molecular weight is 615 g/mol. The first-order valence-corrected chi connectivity index (χ1v) is 15.9. The second kappa shape index (κ2) is 15.4. The molecule has 11 heteroatoms. The summed E-state index contributed by atoms with van der Waals surface area (Å²) in [5, 5.41) is 2.65. The molecule has 232 valence electrons. The van der Waals surface area contributed by atoms with E-state index in [2.05, 4.69) is 48.5 Å². The average Bonchev–Trinajstić information content (AvgIpc) is 2.96. The van der Waals surface area contributed by atoms with E-state index in [0.29, 0.717) is 5.66 Å². The van der Waals surface area contributed by atoms with E-state index >= 15 is 0 Å². The van der Waals surface area contributed by atoms with Crippen molar-refractivity contribution in [3.63, 3.8) is 0 Å². The third-order valence-electron chi connectivity index (χ3n) is 7.35. The first-order valence-electron chi connectivity index (χ1n) is 14.5. The molecule has 1 aliphatic carbocycles. The second-order valence-corrected chi connectivity index (χ2v) is 13.2. The van der Waals surface area contributed by atoms with Gasteiger partial charge < -0.3 is 28.4 Å². The highest BCUT2D eigenvalue weighted by Crippen LogP contribution is 2.47. The highest BCUT2D eigenvalue weighted by atomic mass is 31.1. The van der Waals surface area contributed by atoms with Crippen LogP contribution in [-0.2, 0) is 47.6 Å². The Labute approximate surface area is 253 Å². The van der Waals surface area contributed by atoms with Gasteiger partial charge in [0.1, 0.15) is 12.7 Å². The van der Waals surface area contributed by atoms with E-state index < -0.39 is 62.5 Å². The van der Waals surface area contributed by atoms with Gasteiger partial charge in [0.05, 0.1) is 6.10 Å². The summed E-state index contributed by atoms with van der Waals surface area (Å²) < 4.78 is 34.3. The van der Waals surface area contributed by atoms with E-state index in [0.717, 1.165) is 25.7 Å². The maximum atomic E-state index is 12.1. The van der Waals surface area contributed by atoms with Gasteiger partial charge in [-0.2, -0.15) is 0 Å². The molecule has 2 aliphatic rings. The molecule has 0 radical (unpaired) electrons. The number of hydrogen-bond donors (Lipinski definition) is 0. The Balaban J connectivity index is 1.54. The molecule has 1 aliphatic heterocycles. The van der Waals surface area contributed by atoms with Crippen LogP contribution in [0.25, 0.3) is 0 Å². The van der Waals surface area contributed by atoms with Crippen LogP contribution in [-0.4, -0.2) is 73.0 Å². The molecule has 0 spiro atoms. The van der Waals surface area contributed by atoms with Crippen LogP contribution >= 0.6 is 7.92 Å². The van der Waals surface area contributed by atoms with Gasteiger partial charge in [-0.3, -0.25) is 19.2 Å². The van der Waals surface area contributed by atoms with Crippen LogP contribution in [0.3, 0.4) is 0 Å². The van der Waals surface area contributed by atoms with Crippen LogP contribution in [0.15, 0.2) is 60.7 Å². The SMILES string of the molecule is CC(=O)OCC1OC(OC2CCC(P(c3ccccc3)c3ccccc3)CC2)C(OC(C)=O)C(OC(C)=O)C1OC(C)=O. The van der Waals surface area contributed by atoms with Crippen LogP contribution in [0.4, 0.5) is 0 Å². The van der Waals surface area contributed by atoms with Gasteiger partial charge in [0, 0.05) is 27.7 Å². The zero-order chi connectivity index (χ0) is 30.9. The molecule has 5 unspecified atom stereocenters. The quantitative estimate of drug-likeness (QED) is 0.223. The van der Waals surface area contributed by atoms with Gasteiger partial charge in [0.15, 0.2) is 24.6 Å². The molecule has 1 saturated carbocycles. The summed E-state index contributed by atoms with van der Waals surface area (Å²) in [5.74, 6) is -2.58. The van der Waals surface area contributed by atoms with Gasteiger partial charge >= 0.3 is 23.9 Å². The lowest BCUT2D eigenvalue weighted by molar-refractivity contribution is -0.318. The largest absolute Gasteiger partial charge is 0.463 e. The van der Waals surface area contributed by atoms with Gasteiger partial charge in [-0.15, -0.1) is 0 Å². The summed E-state index contributed by atoms with van der Waals surface area (Å²) >= 11 is 0. The summed E-state index contributed by atoms with van der Waals surface area (Å²) in [6.45, 7) is 4.55. The number of benzene rings is 2. The van der Waals surface area contributed by atoms with E-state index in [-0.39, 0.29) is 12.7 Å². The molecule has 1 saturated heterocycles. The topological polar surface area (TPSA) is 124 Å². The number of carbonyl (C=O) groups is 4. The zero-order valence-corrected chi connectivity index (χ0v) is 25.8. The lowest BCUT2D eigenvalue weighted by atomic mass is 9.95. The van der Waals surface area contributed by atoms with Crippen LogP contribution in [0, 0.1) is 0 Å². The van der Waals surface area contributed by atoms with Crippen molar-refractivity contribution in [2.75, 3.05) is 6.61 Å². The summed E-state index contributed by atoms with van der Waals surface area (Å²) in [6, 6.07) is 21.1. The van der Waals surface area contributed by atoms with E-state index in [9.17, 15) is 19.2 Å². The molecule has 0 amide bonds. The summed E-state index contributed by atoms with van der Waals surface area (Å²) in [4.78, 5) is 47.8. The normalized spacial score (nSPS) is 27.1. The standard InChI is InChI=1S/C32H39O10P/c1-20(33)37-19-28-29(38-21(2)34)30(39-22(3)35)31(40-23(4)36)32(42-28)41-24-15-17-27(18-16-24)43(25-11-7-5-8-12-25)26-13-9-6-10-14-26/h5-14,24,27-32H,15-19H2,1-4H3. The predicted octanol–water partition coefficient (Wildman–Crippen LogP) is 3.53. The molecule has 2 aromatic rings. The van der Waals surface area contributed by atoms with E-state index in [1.807, 2.05) is 12.1 Å². The van der Waals surface area contributed by atoms with Crippen LogP contribution in [0.2, 0.25) is 0 Å². The lowest BCUT2D eigenvalue weighted by Gasteiger charge is -2.45. The molecular formula is C32H39O10P. The van der Waals surface area contributed by atoms with Gasteiger partial charge in [-0.05, 0) is 49.9 Å². The Morgan fingerprint density at radius 1 is 0.674 bits per heavy atom. The fraction of sp³-hybridized carbons (Fsp3) is 0.500. The van der Waals surface area contributed by atoms with Crippen molar-refractivity contribution >= 4 is 42.4 Å². The van der Waals surface area contributed by atoms with Crippen molar-refractivity contribution in [1.82, 2.24) is 0 Å². The third-order valence-corrected chi connectivity index (χ3v) is 10.3. The van der Waals surface area contributed by atoms with Gasteiger partial charge in [-0.1, -0.05) is 60.7 Å². The molecule has 0 aromatic heterocycles. The third kappa shape index (κ3) is 9.08. The van der Waals surface area contributed by atoms with E-state index in [1.165, 1.54) is 38.3 Å². The highest BCUT2D eigenvalue weighted by molar-refractivity contribution is 7.73. The monoisotopic (exact) mass is 614 g/mol. The van der Waals surface area contributed by atoms with Gasteiger partial charge in [-0.25, -0.2) is 0 Å². The van der Waals surface area contributed by atoms with Crippen LogP contribution in [0.1, 0.15) is 53.4 Å². The van der Waals surface area contributed by atoms with Gasteiger partial charge in [0.25, 0.3) is 0 Å². The van der Waals surface area contributed by atoms with E-state index in [4.69, 9.17) is 28.4 Å². The molecule has 5 atom stereocenters. The Bertz CT molecular complexity index is 1190. The fourth-order valence-corrected chi connectivity index (χ4v) is 8.62. The first kappa shape index (κ1) is 32.6. The zero-order valence-electron chi connectivity index (χ0n) is 24.9. The minimum atomic E-state index is -1.25. The Hall–Kier alpha value is -3.33. The molecule has 4 rings (SSSR count). The van der Waals surface area contributed by atoms with Crippen molar-refractivity contribution in [2.45, 2.75) is 95.8 Å². The molecule has 0 N–H and O–H groups in total. The molecule has 2 fully saturated rings. The Morgan fingerprint density at radius 3 is 1.65 bits per heavy atom. The summed E-state index contributed by atoms with van der Waals surface area (Å²) in [5.41, 5.74) is 0.440. The number of hydrogen-bond acceptors (Lipinski definition) is 10. The minimum Gasteiger partial charge on any atom is -0.463 e. The van der Waals surface area contributed by atoms with Crippen LogP contribution < -0.4 is 10.6 Å². The van der Waals surface area contributed by atoms with E-state index in [1.54, 1.807) is 0 Å². The molecule has 2 aromatic carbocycles. The molecule has 10 nitrogen and oxygen atoms in total. The fourth-order valence-electron chi connectivity index (χ4n) is 5.68.